The molecule has 0 spiro atoms. The number of nitrogens with zero attached hydrogens (tertiary/aromatic N) is 1. The van der Waals surface area contributed by atoms with Gasteiger partial charge in [-0.15, -0.1) is 0 Å². The lowest BCUT2D eigenvalue weighted by molar-refractivity contribution is 0.111. The van der Waals surface area contributed by atoms with E-state index in [0.29, 0.717) is 21.5 Å². The van der Waals surface area contributed by atoms with E-state index in [1.165, 1.54) is 6.20 Å². The zero-order valence-corrected chi connectivity index (χ0v) is 7.19. The van der Waals surface area contributed by atoms with Crippen molar-refractivity contribution in [3.8, 4) is 0 Å². The summed E-state index contributed by atoms with van der Waals surface area (Å²) in [5, 5.41) is 0.497. The Balaban J connectivity index is 3.27. The molecule has 0 N–H and O–H groups in total. The minimum atomic E-state index is 0.326. The molecule has 1 aromatic rings. The van der Waals surface area contributed by atoms with E-state index in [9.17, 15) is 4.79 Å². The van der Waals surface area contributed by atoms with Gasteiger partial charge in [0.2, 0.25) is 0 Å². The number of pyridine rings is 1. The molecule has 0 saturated carbocycles. The van der Waals surface area contributed by atoms with Crippen molar-refractivity contribution < 1.29 is 4.79 Å². The fourth-order valence-corrected chi connectivity index (χ4v) is 0.999. The monoisotopic (exact) mass is 219 g/mol. The van der Waals surface area contributed by atoms with E-state index < -0.39 is 0 Å². The number of hydrogen-bond donors (Lipinski definition) is 0. The van der Waals surface area contributed by atoms with Crippen LogP contribution in [-0.4, -0.2) is 11.3 Å². The van der Waals surface area contributed by atoms with E-state index in [2.05, 4.69) is 20.9 Å². The highest BCUT2D eigenvalue weighted by Crippen LogP contribution is 2.22. The summed E-state index contributed by atoms with van der Waals surface area (Å²) in [6.07, 6.45) is 2.13. The van der Waals surface area contributed by atoms with Crippen molar-refractivity contribution >= 4 is 33.8 Å². The van der Waals surface area contributed by atoms with Gasteiger partial charge in [-0.25, -0.2) is 0 Å². The highest BCUT2D eigenvalue weighted by Gasteiger charge is 2.01. The second kappa shape index (κ2) is 3.12. The van der Waals surface area contributed by atoms with Crippen LogP contribution in [0.1, 0.15) is 10.5 Å². The first-order valence-electron chi connectivity index (χ1n) is 2.51. The Bertz CT molecular complexity index is 264. The first kappa shape index (κ1) is 7.69. The largest absolute Gasteiger partial charge is 0.296 e. The summed E-state index contributed by atoms with van der Waals surface area (Å²) in [6.45, 7) is 0. The van der Waals surface area contributed by atoms with Crippen LogP contribution < -0.4 is 0 Å². The van der Waals surface area contributed by atoms with Crippen LogP contribution in [0, 0.1) is 0 Å². The molecule has 0 unspecified atom stereocenters. The van der Waals surface area contributed by atoms with E-state index in [4.69, 9.17) is 11.6 Å². The Labute approximate surface area is 71.3 Å². The van der Waals surface area contributed by atoms with Gasteiger partial charge in [-0.3, -0.25) is 9.78 Å². The third-order valence-corrected chi connectivity index (χ3v) is 2.36. The average molecular weight is 220 g/mol. The molecule has 0 aromatic carbocycles. The first-order chi connectivity index (χ1) is 4.75. The molecule has 0 saturated heterocycles. The van der Waals surface area contributed by atoms with Crippen molar-refractivity contribution in [2.45, 2.75) is 0 Å². The molecule has 0 aliphatic rings. The van der Waals surface area contributed by atoms with Gasteiger partial charge in [-0.1, -0.05) is 11.6 Å². The van der Waals surface area contributed by atoms with Gasteiger partial charge in [0.1, 0.15) is 5.69 Å². The van der Waals surface area contributed by atoms with Gasteiger partial charge in [0.15, 0.2) is 6.29 Å². The maximum atomic E-state index is 10.2. The van der Waals surface area contributed by atoms with Crippen molar-refractivity contribution in [3.63, 3.8) is 0 Å². The van der Waals surface area contributed by atoms with Crippen LogP contribution in [0.5, 0.6) is 0 Å². The molecule has 1 aromatic heterocycles. The van der Waals surface area contributed by atoms with E-state index in [0.717, 1.165) is 0 Å². The third-order valence-electron chi connectivity index (χ3n) is 0.981. The van der Waals surface area contributed by atoms with Crippen molar-refractivity contribution in [2.24, 2.45) is 0 Å². The van der Waals surface area contributed by atoms with Crippen molar-refractivity contribution in [2.75, 3.05) is 0 Å². The summed E-state index contributed by atoms with van der Waals surface area (Å²) < 4.78 is 0.548. The second-order valence-corrected chi connectivity index (χ2v) is 2.81. The maximum Gasteiger partial charge on any atom is 0.169 e. The molecular weight excluding hydrogens is 217 g/mol. The summed E-state index contributed by atoms with van der Waals surface area (Å²) >= 11 is 8.76. The van der Waals surface area contributed by atoms with Crippen LogP contribution in [0.15, 0.2) is 16.7 Å². The fraction of sp³-hybridized carbons (Fsp3) is 0. The van der Waals surface area contributed by atoms with Crippen molar-refractivity contribution in [1.29, 1.82) is 0 Å². The summed E-state index contributed by atoms with van der Waals surface area (Å²) in [5.41, 5.74) is 0.326. The van der Waals surface area contributed by atoms with Crippen LogP contribution >= 0.6 is 27.5 Å². The quantitative estimate of drug-likeness (QED) is 0.680. The van der Waals surface area contributed by atoms with Crippen LogP contribution in [0.3, 0.4) is 0 Å². The number of aldehydes is 1. The number of carbonyl (C=O) groups is 1. The van der Waals surface area contributed by atoms with Crippen molar-refractivity contribution in [3.05, 3.63) is 27.5 Å². The molecule has 0 atom stereocenters. The molecule has 1 heterocycles. The predicted molar refractivity (Wildman–Crippen MR) is 42.3 cm³/mol. The van der Waals surface area contributed by atoms with Crippen molar-refractivity contribution in [1.82, 2.24) is 4.98 Å². The molecule has 10 heavy (non-hydrogen) atoms. The minimum Gasteiger partial charge on any atom is -0.296 e. The van der Waals surface area contributed by atoms with E-state index >= 15 is 0 Å². The Morgan fingerprint density at radius 1 is 1.70 bits per heavy atom. The SMILES string of the molecule is O=Cc1nccc(Cl)c1Br. The Kier molecular flexibility index (Phi) is 2.40. The summed E-state index contributed by atoms with van der Waals surface area (Å²) in [5.74, 6) is 0. The lowest BCUT2D eigenvalue weighted by Crippen LogP contribution is -1.87. The lowest BCUT2D eigenvalue weighted by atomic mass is 10.4. The molecule has 0 bridgehead atoms. The average Bonchev–Trinajstić information content (AvgIpc) is 1.95. The predicted octanol–water partition coefficient (Wildman–Crippen LogP) is 2.31. The maximum absolute atomic E-state index is 10.2. The minimum absolute atomic E-state index is 0.326. The Morgan fingerprint density at radius 3 is 2.90 bits per heavy atom. The molecule has 0 fully saturated rings. The molecule has 4 heteroatoms. The van der Waals surface area contributed by atoms with E-state index in [1.807, 2.05) is 0 Å². The van der Waals surface area contributed by atoms with Crippen LogP contribution in [0.25, 0.3) is 0 Å². The molecule has 0 aliphatic carbocycles. The second-order valence-electron chi connectivity index (χ2n) is 1.61. The Morgan fingerprint density at radius 2 is 2.40 bits per heavy atom. The van der Waals surface area contributed by atoms with Crippen LogP contribution in [0.4, 0.5) is 0 Å². The van der Waals surface area contributed by atoms with Gasteiger partial charge in [0.25, 0.3) is 0 Å². The van der Waals surface area contributed by atoms with E-state index in [-0.39, 0.29) is 0 Å². The smallest absolute Gasteiger partial charge is 0.169 e. The van der Waals surface area contributed by atoms with Gasteiger partial charge >= 0.3 is 0 Å². The summed E-state index contributed by atoms with van der Waals surface area (Å²) in [6, 6.07) is 1.61. The number of aromatic nitrogens is 1. The molecule has 0 radical (unpaired) electrons. The highest BCUT2D eigenvalue weighted by atomic mass is 79.9. The number of halogens is 2. The van der Waals surface area contributed by atoms with Gasteiger partial charge in [0, 0.05) is 6.20 Å². The zero-order valence-electron chi connectivity index (χ0n) is 4.84. The summed E-state index contributed by atoms with van der Waals surface area (Å²) in [7, 11) is 0. The van der Waals surface area contributed by atoms with Gasteiger partial charge in [-0.05, 0) is 22.0 Å². The number of carbonyl (C=O) groups excluding carboxylic acids is 1. The molecule has 52 valence electrons. The zero-order chi connectivity index (χ0) is 7.56. The number of rotatable bonds is 1. The highest BCUT2D eigenvalue weighted by molar-refractivity contribution is 9.10. The topological polar surface area (TPSA) is 30.0 Å². The molecule has 2 nitrogen and oxygen atoms in total. The fourth-order valence-electron chi connectivity index (χ4n) is 0.517. The van der Waals surface area contributed by atoms with Gasteiger partial charge in [0.05, 0.1) is 9.50 Å². The van der Waals surface area contributed by atoms with Crippen LogP contribution in [-0.2, 0) is 0 Å². The summed E-state index contributed by atoms with van der Waals surface area (Å²) in [4.78, 5) is 14.0. The normalized spacial score (nSPS) is 9.40. The van der Waals surface area contributed by atoms with E-state index in [1.54, 1.807) is 6.07 Å². The van der Waals surface area contributed by atoms with Crippen LogP contribution in [0.2, 0.25) is 5.02 Å². The van der Waals surface area contributed by atoms with Gasteiger partial charge < -0.3 is 0 Å². The third kappa shape index (κ3) is 1.36. The molecule has 0 aliphatic heterocycles. The Hall–Kier alpha value is -0.410. The van der Waals surface area contributed by atoms with Gasteiger partial charge in [-0.2, -0.15) is 0 Å². The molecule has 1 rings (SSSR count). The standard InChI is InChI=1S/C6H3BrClNO/c7-6-4(8)1-2-9-5(6)3-10/h1-3H. The molecular formula is C6H3BrClNO. The first-order valence-corrected chi connectivity index (χ1v) is 3.68. The number of hydrogen-bond acceptors (Lipinski definition) is 2. The molecule has 0 amide bonds. The lowest BCUT2D eigenvalue weighted by Gasteiger charge is -1.94.